The summed E-state index contributed by atoms with van der Waals surface area (Å²) in [6, 6.07) is 32.4. The molecule has 45 heavy (non-hydrogen) atoms. The molecule has 2 aliphatic heterocycles. The predicted octanol–water partition coefficient (Wildman–Crippen LogP) is 6.17. The van der Waals surface area contributed by atoms with Gasteiger partial charge in [-0.1, -0.05) is 66.7 Å². The second-order valence-electron chi connectivity index (χ2n) is 11.3. The fourth-order valence-electron chi connectivity index (χ4n) is 5.49. The van der Waals surface area contributed by atoms with Crippen LogP contribution in [0.5, 0.6) is 11.5 Å². The zero-order valence-electron chi connectivity index (χ0n) is 25.1. The van der Waals surface area contributed by atoms with Crippen LogP contribution in [-0.2, 0) is 27.4 Å². The molecule has 0 unspecified atom stereocenters. The minimum absolute atomic E-state index is 0.00613. The topological polar surface area (TPSA) is 102 Å². The van der Waals surface area contributed by atoms with E-state index in [9.17, 15) is 9.90 Å². The van der Waals surface area contributed by atoms with Gasteiger partial charge in [0.1, 0.15) is 11.5 Å². The number of morpholine rings is 1. The van der Waals surface area contributed by atoms with Crippen LogP contribution in [0.15, 0.2) is 103 Å². The predicted molar refractivity (Wildman–Crippen MR) is 171 cm³/mol. The number of urea groups is 1. The van der Waals surface area contributed by atoms with E-state index < -0.39 is 6.29 Å². The van der Waals surface area contributed by atoms with Crippen molar-refractivity contribution in [3.05, 3.63) is 125 Å². The highest BCUT2D eigenvalue weighted by Crippen LogP contribution is 2.38. The number of anilines is 1. The second kappa shape index (κ2) is 15.2. The Kier molecular flexibility index (Phi) is 10.4. The van der Waals surface area contributed by atoms with Gasteiger partial charge < -0.3 is 34.7 Å². The number of nitrogens with zero attached hydrogens (tertiary/aromatic N) is 1. The van der Waals surface area contributed by atoms with Crippen LogP contribution >= 0.6 is 0 Å². The first-order valence-corrected chi connectivity index (χ1v) is 15.4. The molecule has 234 valence electrons. The third-order valence-corrected chi connectivity index (χ3v) is 7.98. The molecule has 2 saturated heterocycles. The van der Waals surface area contributed by atoms with Crippen molar-refractivity contribution in [2.45, 2.75) is 38.1 Å². The summed E-state index contributed by atoms with van der Waals surface area (Å²) in [7, 11) is 0. The first kappa shape index (κ1) is 30.8. The molecule has 0 bridgehead atoms. The molecular formula is C36H39N3O6. The van der Waals surface area contributed by atoms with Gasteiger partial charge in [-0.05, 0) is 53.1 Å². The maximum Gasteiger partial charge on any atom is 0.319 e. The molecule has 2 amide bonds. The molecule has 4 aromatic carbocycles. The molecule has 3 atom stereocenters. The highest BCUT2D eigenvalue weighted by atomic mass is 16.7. The van der Waals surface area contributed by atoms with Gasteiger partial charge >= 0.3 is 6.03 Å². The molecule has 0 aliphatic carbocycles. The average molecular weight is 610 g/mol. The van der Waals surface area contributed by atoms with Crippen LogP contribution in [0, 0.1) is 0 Å². The number of nitrogens with one attached hydrogen (secondary N) is 2. The van der Waals surface area contributed by atoms with Gasteiger partial charge in [-0.25, -0.2) is 4.79 Å². The van der Waals surface area contributed by atoms with E-state index in [-0.39, 0.29) is 24.8 Å². The highest BCUT2D eigenvalue weighted by Gasteiger charge is 2.33. The number of rotatable bonds is 10. The number of carbonyl (C=O) groups is 1. The van der Waals surface area contributed by atoms with Gasteiger partial charge in [0.05, 0.1) is 32.0 Å². The Morgan fingerprint density at radius 1 is 0.800 bits per heavy atom. The van der Waals surface area contributed by atoms with Crippen molar-refractivity contribution < 1.29 is 28.8 Å². The summed E-state index contributed by atoms with van der Waals surface area (Å²) >= 11 is 0. The molecule has 9 heteroatoms. The Morgan fingerprint density at radius 2 is 1.47 bits per heavy atom. The Hall–Kier alpha value is -4.25. The quantitative estimate of drug-likeness (QED) is 0.198. The van der Waals surface area contributed by atoms with Gasteiger partial charge in [0.15, 0.2) is 6.29 Å². The van der Waals surface area contributed by atoms with E-state index in [4.69, 9.17) is 18.9 Å². The van der Waals surface area contributed by atoms with Gasteiger partial charge in [-0.3, -0.25) is 4.90 Å². The molecule has 2 heterocycles. The Labute approximate surface area is 263 Å². The zero-order chi connectivity index (χ0) is 30.8. The van der Waals surface area contributed by atoms with Crippen LogP contribution in [0.4, 0.5) is 10.5 Å². The van der Waals surface area contributed by atoms with Crippen LogP contribution < -0.4 is 15.4 Å². The molecule has 6 rings (SSSR count). The largest absolute Gasteiger partial charge is 0.457 e. The van der Waals surface area contributed by atoms with E-state index in [0.29, 0.717) is 18.0 Å². The molecule has 0 saturated carbocycles. The molecule has 2 fully saturated rings. The normalized spacial score (nSPS) is 20.3. The minimum atomic E-state index is -0.522. The zero-order valence-corrected chi connectivity index (χ0v) is 25.1. The second-order valence-corrected chi connectivity index (χ2v) is 11.3. The summed E-state index contributed by atoms with van der Waals surface area (Å²) < 4.78 is 24.3. The molecular weight excluding hydrogens is 570 g/mol. The summed E-state index contributed by atoms with van der Waals surface area (Å²) in [5.41, 5.74) is 4.48. The number of benzene rings is 4. The maximum atomic E-state index is 12.6. The van der Waals surface area contributed by atoms with Gasteiger partial charge in [-0.2, -0.15) is 0 Å². The van der Waals surface area contributed by atoms with Crippen molar-refractivity contribution in [2.75, 3.05) is 38.2 Å². The van der Waals surface area contributed by atoms with E-state index in [1.165, 1.54) is 0 Å². The third-order valence-electron chi connectivity index (χ3n) is 7.98. The Morgan fingerprint density at radius 3 is 2.18 bits per heavy atom. The van der Waals surface area contributed by atoms with Crippen molar-refractivity contribution in [3.8, 4) is 11.5 Å². The molecule has 3 N–H and O–H groups in total. The van der Waals surface area contributed by atoms with Crippen molar-refractivity contribution in [2.24, 2.45) is 0 Å². The standard InChI is InChI=1S/C36H39N3O6/c40-25-27-8-10-28(11-9-27)34-22-33(24-39-18-20-42-21-19-39)44-35(45-34)29-12-6-26(7-13-29)23-37-36(41)38-30-14-16-32(17-15-30)43-31-4-2-1-3-5-31/h1-17,33-35,40H,18-25H2,(H2,37,38,41)/t33-,34+,35+/m0/s1. The highest BCUT2D eigenvalue weighted by molar-refractivity contribution is 5.89. The molecule has 0 aromatic heterocycles. The van der Waals surface area contributed by atoms with Crippen LogP contribution in [0.25, 0.3) is 0 Å². The van der Waals surface area contributed by atoms with Gasteiger partial charge in [0.25, 0.3) is 0 Å². The summed E-state index contributed by atoms with van der Waals surface area (Å²) in [5, 5.41) is 15.2. The van der Waals surface area contributed by atoms with E-state index in [0.717, 1.165) is 67.3 Å². The fraction of sp³-hybridized carbons (Fsp3) is 0.306. The number of hydrogen-bond acceptors (Lipinski definition) is 7. The lowest BCUT2D eigenvalue weighted by atomic mass is 9.99. The number of para-hydroxylation sites is 1. The number of carbonyl (C=O) groups excluding carboxylic acids is 1. The fourth-order valence-corrected chi connectivity index (χ4v) is 5.49. The lowest BCUT2D eigenvalue weighted by Crippen LogP contribution is -2.44. The van der Waals surface area contributed by atoms with Crippen molar-refractivity contribution >= 4 is 11.7 Å². The number of ether oxygens (including phenoxy) is 4. The number of amides is 2. The van der Waals surface area contributed by atoms with Crippen LogP contribution in [0.2, 0.25) is 0 Å². The Bertz CT molecular complexity index is 1490. The van der Waals surface area contributed by atoms with Crippen molar-refractivity contribution in [1.82, 2.24) is 10.2 Å². The van der Waals surface area contributed by atoms with Crippen molar-refractivity contribution in [1.29, 1.82) is 0 Å². The van der Waals surface area contributed by atoms with Crippen molar-refractivity contribution in [3.63, 3.8) is 0 Å². The van der Waals surface area contributed by atoms with Gasteiger partial charge in [-0.15, -0.1) is 0 Å². The first-order chi connectivity index (χ1) is 22.1. The maximum absolute atomic E-state index is 12.6. The number of aliphatic hydroxyl groups excluding tert-OH is 1. The molecule has 0 spiro atoms. The molecule has 0 radical (unpaired) electrons. The average Bonchev–Trinajstić information content (AvgIpc) is 3.09. The lowest BCUT2D eigenvalue weighted by molar-refractivity contribution is -0.253. The summed E-state index contributed by atoms with van der Waals surface area (Å²) in [5.74, 6) is 1.45. The Balaban J connectivity index is 1.04. The summed E-state index contributed by atoms with van der Waals surface area (Å²) in [6.45, 7) is 4.46. The number of hydrogen-bond donors (Lipinski definition) is 3. The minimum Gasteiger partial charge on any atom is -0.457 e. The molecule has 9 nitrogen and oxygen atoms in total. The van der Waals surface area contributed by atoms with Gasteiger partial charge in [0.2, 0.25) is 0 Å². The smallest absolute Gasteiger partial charge is 0.319 e. The molecule has 4 aromatic rings. The van der Waals surface area contributed by atoms with E-state index >= 15 is 0 Å². The SMILES string of the molecule is O=C(NCc1ccc([C@@H]2O[C@H](CN3CCOCC3)C[C@H](c3ccc(CO)cc3)O2)cc1)Nc1ccc(Oc2ccccc2)cc1. The van der Waals surface area contributed by atoms with Crippen LogP contribution in [0.1, 0.15) is 41.1 Å². The van der Waals surface area contributed by atoms with E-state index in [1.54, 1.807) is 12.1 Å². The summed E-state index contributed by atoms with van der Waals surface area (Å²) in [6.07, 6.45) is 0.0815. The van der Waals surface area contributed by atoms with E-state index in [2.05, 4.69) is 15.5 Å². The third kappa shape index (κ3) is 8.69. The first-order valence-electron chi connectivity index (χ1n) is 15.4. The summed E-state index contributed by atoms with van der Waals surface area (Å²) in [4.78, 5) is 15.0. The van der Waals surface area contributed by atoms with Crippen LogP contribution in [0.3, 0.4) is 0 Å². The van der Waals surface area contributed by atoms with E-state index in [1.807, 2.05) is 91.0 Å². The number of aliphatic hydroxyl groups is 1. The monoisotopic (exact) mass is 609 g/mol. The van der Waals surface area contributed by atoms with Crippen LogP contribution in [-0.4, -0.2) is 55.0 Å². The lowest BCUT2D eigenvalue weighted by Gasteiger charge is -2.39. The van der Waals surface area contributed by atoms with Gasteiger partial charge in [0, 0.05) is 43.9 Å². The molecule has 2 aliphatic rings.